The third-order valence-corrected chi connectivity index (χ3v) is 13.8. The molecule has 262 valence electrons. The Hall–Kier alpha value is -6.54. The first-order chi connectivity index (χ1) is 27.6. The van der Waals surface area contributed by atoms with E-state index in [0.717, 1.165) is 0 Å². The summed E-state index contributed by atoms with van der Waals surface area (Å²) in [7, 11) is 0. The van der Waals surface area contributed by atoms with Crippen LogP contribution in [0, 0.1) is 0 Å². The summed E-state index contributed by atoms with van der Waals surface area (Å²) in [5, 5.41) is 13.1. The molecule has 56 heavy (non-hydrogen) atoms. The Kier molecular flexibility index (Phi) is 6.66. The maximum Gasteiger partial charge on any atom is 0.0362 e. The van der Waals surface area contributed by atoms with Gasteiger partial charge in [0.05, 0.1) is 0 Å². The molecule has 0 spiro atoms. The molecule has 12 rings (SSSR count). The Labute approximate surface area is 329 Å². The summed E-state index contributed by atoms with van der Waals surface area (Å²) in [6.45, 7) is 4.82. The van der Waals surface area contributed by atoms with Crippen LogP contribution < -0.4 is 0 Å². The molecule has 0 aliphatic heterocycles. The highest BCUT2D eigenvalue weighted by molar-refractivity contribution is 7.26. The second-order valence-corrected chi connectivity index (χ2v) is 17.0. The molecular weight excluding hydrogens is 693 g/mol. The first-order valence-electron chi connectivity index (χ1n) is 19.6. The Morgan fingerprint density at radius 3 is 1.61 bits per heavy atom. The molecule has 11 aromatic rings. The zero-order valence-corrected chi connectivity index (χ0v) is 32.0. The fraction of sp³-hybridized carbons (Fsp3) is 0.0545. The smallest absolute Gasteiger partial charge is 0.0362 e. The van der Waals surface area contributed by atoms with Gasteiger partial charge in [0.25, 0.3) is 0 Å². The summed E-state index contributed by atoms with van der Waals surface area (Å²) < 4.78 is 2.71. The minimum Gasteiger partial charge on any atom is -0.135 e. The van der Waals surface area contributed by atoms with Gasteiger partial charge in [-0.3, -0.25) is 0 Å². The van der Waals surface area contributed by atoms with Crippen molar-refractivity contribution in [3.05, 3.63) is 193 Å². The van der Waals surface area contributed by atoms with E-state index in [2.05, 4.69) is 196 Å². The van der Waals surface area contributed by atoms with Gasteiger partial charge in [0.15, 0.2) is 0 Å². The molecule has 0 unspecified atom stereocenters. The van der Waals surface area contributed by atoms with Crippen LogP contribution in [0.15, 0.2) is 182 Å². The lowest BCUT2D eigenvalue weighted by Crippen LogP contribution is -2.15. The highest BCUT2D eigenvalue weighted by atomic mass is 32.1. The summed E-state index contributed by atoms with van der Waals surface area (Å²) in [5.41, 5.74) is 13.1. The fourth-order valence-corrected chi connectivity index (χ4v) is 11.2. The van der Waals surface area contributed by atoms with Gasteiger partial charge >= 0.3 is 0 Å². The average molecular weight is 729 g/mol. The standard InChI is InChI=1S/C55H36S/c1-55(2)46-30-25-34-26-31-49-54(45-22-12-13-23-48(45)56-49)51(34)53(46)44-27-24-35(32-47(44)55)36-28-29-43(38-17-7-6-16-37(36)38)52-41-20-10-8-18-39(41)50(33-14-4-3-5-15-33)40-19-9-11-21-42(40)52/h3-32H,1-2H3. The van der Waals surface area contributed by atoms with E-state index in [0.29, 0.717) is 0 Å². The lowest BCUT2D eigenvalue weighted by atomic mass is 9.80. The van der Waals surface area contributed by atoms with Crippen molar-refractivity contribution in [2.75, 3.05) is 0 Å². The zero-order chi connectivity index (χ0) is 37.1. The van der Waals surface area contributed by atoms with E-state index < -0.39 is 0 Å². The van der Waals surface area contributed by atoms with Gasteiger partial charge in [0.2, 0.25) is 0 Å². The van der Waals surface area contributed by atoms with Crippen LogP contribution in [-0.2, 0) is 5.41 Å². The number of rotatable bonds is 3. The molecular formula is C55H36S. The van der Waals surface area contributed by atoms with Crippen LogP contribution in [-0.4, -0.2) is 0 Å². The van der Waals surface area contributed by atoms with Crippen LogP contribution in [0.5, 0.6) is 0 Å². The van der Waals surface area contributed by atoms with Crippen LogP contribution in [0.25, 0.3) is 108 Å². The third kappa shape index (κ3) is 4.35. The second kappa shape index (κ2) is 11.7. The molecule has 0 nitrogen and oxygen atoms in total. The largest absolute Gasteiger partial charge is 0.135 e. The van der Waals surface area contributed by atoms with Gasteiger partial charge in [-0.1, -0.05) is 178 Å². The molecule has 1 heteroatoms. The number of benzene rings is 10. The van der Waals surface area contributed by atoms with Crippen molar-refractivity contribution in [2.24, 2.45) is 0 Å². The monoisotopic (exact) mass is 728 g/mol. The molecule has 0 fully saturated rings. The van der Waals surface area contributed by atoms with Crippen LogP contribution in [0.4, 0.5) is 0 Å². The first kappa shape index (κ1) is 31.8. The van der Waals surface area contributed by atoms with Crippen LogP contribution in [0.2, 0.25) is 0 Å². The van der Waals surface area contributed by atoms with E-state index in [-0.39, 0.29) is 5.41 Å². The van der Waals surface area contributed by atoms with E-state index in [1.54, 1.807) is 0 Å². The van der Waals surface area contributed by atoms with Gasteiger partial charge in [-0.05, 0) is 117 Å². The summed E-state index contributed by atoms with van der Waals surface area (Å²) in [6, 6.07) is 68.1. The van der Waals surface area contributed by atoms with E-state index >= 15 is 0 Å². The zero-order valence-electron chi connectivity index (χ0n) is 31.2. The van der Waals surface area contributed by atoms with Gasteiger partial charge in [0.1, 0.15) is 0 Å². The summed E-state index contributed by atoms with van der Waals surface area (Å²) in [6.07, 6.45) is 0. The van der Waals surface area contributed by atoms with Gasteiger partial charge in [-0.25, -0.2) is 0 Å². The van der Waals surface area contributed by atoms with Crippen molar-refractivity contribution < 1.29 is 0 Å². The number of fused-ring (bicyclic) bond motifs is 12. The molecule has 0 saturated heterocycles. The first-order valence-corrected chi connectivity index (χ1v) is 20.4. The Morgan fingerprint density at radius 1 is 0.339 bits per heavy atom. The SMILES string of the molecule is CC1(C)c2cc(-c3ccc(-c4c5ccccc5c(-c5ccccc5)c5ccccc45)c4ccccc34)ccc2-c2c1ccc1ccc3sc4ccccc4c3c21. The van der Waals surface area contributed by atoms with E-state index in [9.17, 15) is 0 Å². The molecule has 10 aromatic carbocycles. The summed E-state index contributed by atoms with van der Waals surface area (Å²) >= 11 is 1.90. The Morgan fingerprint density at radius 2 is 0.893 bits per heavy atom. The van der Waals surface area contributed by atoms with Crippen LogP contribution in [0.3, 0.4) is 0 Å². The predicted octanol–water partition coefficient (Wildman–Crippen LogP) is 16.0. The van der Waals surface area contributed by atoms with Crippen molar-refractivity contribution in [3.8, 4) is 44.5 Å². The summed E-state index contributed by atoms with van der Waals surface area (Å²) in [4.78, 5) is 0. The molecule has 0 radical (unpaired) electrons. The van der Waals surface area contributed by atoms with Crippen molar-refractivity contribution in [1.29, 1.82) is 0 Å². The van der Waals surface area contributed by atoms with Crippen molar-refractivity contribution in [3.63, 3.8) is 0 Å². The Balaban J connectivity index is 1.08. The van der Waals surface area contributed by atoms with Gasteiger partial charge in [0, 0.05) is 25.6 Å². The topological polar surface area (TPSA) is 0 Å². The quantitative estimate of drug-likeness (QED) is 0.159. The molecule has 0 N–H and O–H groups in total. The molecule has 0 saturated carbocycles. The van der Waals surface area contributed by atoms with Gasteiger partial charge in [-0.2, -0.15) is 0 Å². The van der Waals surface area contributed by atoms with E-state index in [4.69, 9.17) is 0 Å². The molecule has 1 heterocycles. The van der Waals surface area contributed by atoms with Crippen LogP contribution >= 0.6 is 11.3 Å². The molecule has 1 aromatic heterocycles. The van der Waals surface area contributed by atoms with Crippen LogP contribution in [0.1, 0.15) is 25.0 Å². The minimum absolute atomic E-state index is 0.142. The second-order valence-electron chi connectivity index (χ2n) is 15.9. The molecule has 1 aliphatic rings. The normalized spacial score (nSPS) is 13.3. The third-order valence-electron chi connectivity index (χ3n) is 12.7. The van der Waals surface area contributed by atoms with E-state index in [1.165, 1.54) is 119 Å². The molecule has 0 atom stereocenters. The van der Waals surface area contributed by atoms with Crippen molar-refractivity contribution >= 4 is 74.6 Å². The average Bonchev–Trinajstić information content (AvgIpc) is 3.74. The molecule has 0 bridgehead atoms. The van der Waals surface area contributed by atoms with Gasteiger partial charge in [-0.15, -0.1) is 11.3 Å². The number of thiophene rings is 1. The number of hydrogen-bond donors (Lipinski definition) is 0. The molecule has 1 aliphatic carbocycles. The predicted molar refractivity (Wildman–Crippen MR) is 243 cm³/mol. The summed E-state index contributed by atoms with van der Waals surface area (Å²) in [5.74, 6) is 0. The van der Waals surface area contributed by atoms with Gasteiger partial charge < -0.3 is 0 Å². The van der Waals surface area contributed by atoms with E-state index in [1.807, 2.05) is 11.3 Å². The fourth-order valence-electron chi connectivity index (χ4n) is 10.1. The highest BCUT2D eigenvalue weighted by Gasteiger charge is 2.37. The maximum absolute atomic E-state index is 2.49. The maximum atomic E-state index is 2.49. The van der Waals surface area contributed by atoms with Crippen molar-refractivity contribution in [2.45, 2.75) is 19.3 Å². The highest BCUT2D eigenvalue weighted by Crippen LogP contribution is 2.55. The molecule has 0 amide bonds. The van der Waals surface area contributed by atoms with Crippen molar-refractivity contribution in [1.82, 2.24) is 0 Å². The minimum atomic E-state index is -0.142. The Bertz CT molecular complexity index is 3380. The number of hydrogen-bond acceptors (Lipinski definition) is 1. The lowest BCUT2D eigenvalue weighted by molar-refractivity contribution is 0.661. The lowest BCUT2D eigenvalue weighted by Gasteiger charge is -2.23.